The van der Waals surface area contributed by atoms with Crippen LogP contribution in [0.25, 0.3) is 0 Å². The molecule has 0 aliphatic carbocycles. The van der Waals surface area contributed by atoms with E-state index in [2.05, 4.69) is 4.98 Å². The first kappa shape index (κ1) is 21.6. The fourth-order valence-corrected chi connectivity index (χ4v) is 4.76. The molecule has 1 amide bonds. The highest BCUT2D eigenvalue weighted by atomic mass is 32.2. The number of rotatable bonds is 7. The van der Waals surface area contributed by atoms with E-state index in [9.17, 15) is 24.5 Å². The zero-order valence-electron chi connectivity index (χ0n) is 17.0. The zero-order valence-corrected chi connectivity index (χ0v) is 17.9. The third-order valence-corrected chi connectivity index (χ3v) is 6.17. The maximum absolute atomic E-state index is 12.9. The Kier molecular flexibility index (Phi) is 5.70. The number of thioether (sulfide) groups is 1. The highest BCUT2D eigenvalue weighted by Crippen LogP contribution is 2.50. The second-order valence-corrected chi connectivity index (χ2v) is 8.25. The van der Waals surface area contributed by atoms with Crippen molar-refractivity contribution < 1.29 is 28.8 Å². The summed E-state index contributed by atoms with van der Waals surface area (Å²) in [6.07, 6.45) is 2.36. The van der Waals surface area contributed by atoms with Gasteiger partial charge in [-0.2, -0.15) is 0 Å². The number of carbonyl (C=O) groups excluding carboxylic acids is 3. The molecular weight excluding hydrogens is 440 g/mol. The van der Waals surface area contributed by atoms with Crippen molar-refractivity contribution >= 4 is 35.3 Å². The number of hydrogen-bond donors (Lipinski definition) is 0. The van der Waals surface area contributed by atoms with Crippen molar-refractivity contribution in [2.24, 2.45) is 13.0 Å². The molecule has 0 spiro atoms. The summed E-state index contributed by atoms with van der Waals surface area (Å²) in [7, 11) is 1.77. The topological polar surface area (TPSA) is 134 Å². The molecule has 1 aromatic carbocycles. The van der Waals surface area contributed by atoms with E-state index in [0.717, 1.165) is 0 Å². The molecule has 1 aromatic heterocycles. The Morgan fingerprint density at radius 3 is 2.62 bits per heavy atom. The number of nitrogens with zero attached hydrogens (tertiary/aromatic N) is 4. The molecule has 1 fully saturated rings. The van der Waals surface area contributed by atoms with Gasteiger partial charge >= 0.3 is 11.9 Å². The van der Waals surface area contributed by atoms with Crippen LogP contribution >= 0.6 is 11.8 Å². The van der Waals surface area contributed by atoms with E-state index in [0.29, 0.717) is 11.3 Å². The molecule has 0 saturated carbocycles. The Morgan fingerprint density at radius 1 is 1.31 bits per heavy atom. The number of amides is 1. The zero-order chi connectivity index (χ0) is 23.0. The maximum atomic E-state index is 12.9. The van der Waals surface area contributed by atoms with Gasteiger partial charge in [0.05, 0.1) is 16.9 Å². The number of carbonyl (C=O) groups is 3. The van der Waals surface area contributed by atoms with Crippen LogP contribution in [0.5, 0.6) is 0 Å². The number of aromatic nitrogens is 2. The summed E-state index contributed by atoms with van der Waals surface area (Å²) in [5, 5.41) is 11.8. The SMILES string of the molecule is CC(=O)OC(c1cn(C)cn1)C1C(=O)N2C(C(=O)OCc3ccc([N+](=O)[O-])cc3)=CSC12. The van der Waals surface area contributed by atoms with Gasteiger partial charge in [0, 0.05) is 37.7 Å². The molecular formula is C20H18N4O7S. The number of β-lactam (4-membered cyclic amide) rings is 1. The minimum Gasteiger partial charge on any atom is -0.456 e. The van der Waals surface area contributed by atoms with Gasteiger partial charge in [-0.05, 0) is 17.7 Å². The van der Waals surface area contributed by atoms with Crippen molar-refractivity contribution in [3.05, 3.63) is 69.3 Å². The van der Waals surface area contributed by atoms with Crippen LogP contribution in [0.4, 0.5) is 5.69 Å². The van der Waals surface area contributed by atoms with Gasteiger partial charge in [0.2, 0.25) is 5.91 Å². The third kappa shape index (κ3) is 3.96. The highest BCUT2D eigenvalue weighted by Gasteiger charge is 2.58. The molecule has 166 valence electrons. The summed E-state index contributed by atoms with van der Waals surface area (Å²) in [5.41, 5.74) is 1.07. The van der Waals surface area contributed by atoms with Crippen LogP contribution in [0.3, 0.4) is 0 Å². The smallest absolute Gasteiger partial charge is 0.355 e. The molecule has 2 aliphatic heterocycles. The Hall–Kier alpha value is -3.67. The Labute approximate surface area is 186 Å². The number of nitro benzene ring substituents is 1. The molecule has 2 aliphatic rings. The van der Waals surface area contributed by atoms with Gasteiger partial charge in [-0.15, -0.1) is 11.8 Å². The fraction of sp³-hybridized carbons (Fsp3) is 0.300. The molecule has 32 heavy (non-hydrogen) atoms. The molecule has 3 atom stereocenters. The Morgan fingerprint density at radius 2 is 2.03 bits per heavy atom. The average molecular weight is 458 g/mol. The van der Waals surface area contributed by atoms with E-state index in [4.69, 9.17) is 9.47 Å². The summed E-state index contributed by atoms with van der Waals surface area (Å²) in [6, 6.07) is 5.63. The summed E-state index contributed by atoms with van der Waals surface area (Å²) in [6.45, 7) is 1.16. The Balaban J connectivity index is 1.41. The lowest BCUT2D eigenvalue weighted by molar-refractivity contribution is -0.384. The summed E-state index contributed by atoms with van der Waals surface area (Å²) >= 11 is 1.27. The first-order valence-corrected chi connectivity index (χ1v) is 10.4. The van der Waals surface area contributed by atoms with Crippen LogP contribution in [-0.2, 0) is 37.5 Å². The largest absolute Gasteiger partial charge is 0.456 e. The number of aryl methyl sites for hydroxylation is 1. The average Bonchev–Trinajstić information content (AvgIpc) is 3.35. The van der Waals surface area contributed by atoms with Gasteiger partial charge in [0.15, 0.2) is 6.10 Å². The number of ether oxygens (including phenoxy) is 2. The van der Waals surface area contributed by atoms with Crippen molar-refractivity contribution in [2.45, 2.75) is 25.0 Å². The lowest BCUT2D eigenvalue weighted by Crippen LogP contribution is -2.59. The monoisotopic (exact) mass is 458 g/mol. The van der Waals surface area contributed by atoms with Crippen molar-refractivity contribution in [3.8, 4) is 0 Å². The van der Waals surface area contributed by atoms with Gasteiger partial charge < -0.3 is 14.0 Å². The molecule has 4 rings (SSSR count). The first-order valence-electron chi connectivity index (χ1n) is 9.50. The molecule has 2 aromatic rings. The second-order valence-electron chi connectivity index (χ2n) is 7.26. The van der Waals surface area contributed by atoms with Crippen molar-refractivity contribution in [1.29, 1.82) is 0 Å². The highest BCUT2D eigenvalue weighted by molar-refractivity contribution is 8.03. The molecule has 0 N–H and O–H groups in total. The third-order valence-electron chi connectivity index (χ3n) is 5.02. The predicted octanol–water partition coefficient (Wildman–Crippen LogP) is 2.05. The van der Waals surface area contributed by atoms with Crippen molar-refractivity contribution in [2.75, 3.05) is 0 Å². The normalized spacial score (nSPS) is 20.1. The van der Waals surface area contributed by atoms with Crippen LogP contribution in [0.2, 0.25) is 0 Å². The van der Waals surface area contributed by atoms with Crippen molar-refractivity contribution in [1.82, 2.24) is 14.5 Å². The lowest BCUT2D eigenvalue weighted by atomic mass is 9.89. The number of hydrogen-bond acceptors (Lipinski definition) is 9. The van der Waals surface area contributed by atoms with E-state index in [-0.39, 0.29) is 23.9 Å². The van der Waals surface area contributed by atoms with Crippen molar-refractivity contribution in [3.63, 3.8) is 0 Å². The fourth-order valence-electron chi connectivity index (χ4n) is 3.52. The van der Waals surface area contributed by atoms with Crippen LogP contribution in [0, 0.1) is 16.0 Å². The minimum atomic E-state index is -0.862. The molecule has 3 unspecified atom stereocenters. The first-order chi connectivity index (χ1) is 15.3. The standard InChI is InChI=1S/C20H18N4O7S/c1-11(25)31-17(14-7-22(2)10-21-14)16-18(26)23-15(9-32-19(16)23)20(27)30-8-12-3-5-13(6-4-12)24(28)29/h3-7,9-10,16-17,19H,8H2,1-2H3. The number of nitro groups is 1. The lowest BCUT2D eigenvalue weighted by Gasteiger charge is -2.44. The molecule has 12 heteroatoms. The number of esters is 2. The van der Waals surface area contributed by atoms with Crippen LogP contribution in [-0.4, -0.2) is 42.6 Å². The van der Waals surface area contributed by atoms with Gasteiger partial charge in [0.1, 0.15) is 23.6 Å². The molecule has 3 heterocycles. The van der Waals surface area contributed by atoms with E-state index in [1.807, 2.05) is 0 Å². The van der Waals surface area contributed by atoms with Crippen LogP contribution in [0.1, 0.15) is 24.3 Å². The quantitative estimate of drug-likeness (QED) is 0.264. The predicted molar refractivity (Wildman–Crippen MR) is 110 cm³/mol. The van der Waals surface area contributed by atoms with E-state index in [1.54, 1.807) is 29.5 Å². The van der Waals surface area contributed by atoms with Gasteiger partial charge in [-0.1, -0.05) is 0 Å². The van der Waals surface area contributed by atoms with E-state index < -0.39 is 34.3 Å². The Bertz CT molecular complexity index is 1130. The summed E-state index contributed by atoms with van der Waals surface area (Å²) in [4.78, 5) is 52.8. The van der Waals surface area contributed by atoms with E-state index in [1.165, 1.54) is 47.9 Å². The number of non-ortho nitro benzene ring substituents is 1. The molecule has 11 nitrogen and oxygen atoms in total. The van der Waals surface area contributed by atoms with E-state index >= 15 is 0 Å². The number of fused-ring (bicyclic) bond motifs is 1. The number of imidazole rings is 1. The second kappa shape index (κ2) is 8.46. The minimum absolute atomic E-state index is 0.0646. The van der Waals surface area contributed by atoms with Crippen LogP contribution in [0.15, 0.2) is 47.9 Å². The maximum Gasteiger partial charge on any atom is 0.355 e. The summed E-state index contributed by atoms with van der Waals surface area (Å²) in [5.74, 6) is -2.27. The van der Waals surface area contributed by atoms with Gasteiger partial charge in [-0.3, -0.25) is 24.6 Å². The molecule has 0 bridgehead atoms. The number of benzene rings is 1. The molecule has 1 saturated heterocycles. The molecule has 0 radical (unpaired) electrons. The summed E-state index contributed by atoms with van der Waals surface area (Å²) < 4.78 is 12.4. The van der Waals surface area contributed by atoms with Gasteiger partial charge in [-0.25, -0.2) is 9.78 Å². The van der Waals surface area contributed by atoms with Crippen LogP contribution < -0.4 is 0 Å². The van der Waals surface area contributed by atoms with Gasteiger partial charge in [0.25, 0.3) is 5.69 Å².